The molecule has 0 aromatic heterocycles. The highest BCUT2D eigenvalue weighted by molar-refractivity contribution is 6.05. The molecule has 0 spiro atoms. The van der Waals surface area contributed by atoms with E-state index >= 15 is 0 Å². The molecule has 1 atom stereocenters. The Morgan fingerprint density at radius 2 is 1.36 bits per heavy atom. The van der Waals surface area contributed by atoms with E-state index in [0.29, 0.717) is 5.56 Å². The number of carbonyl (C=O) groups is 2. The number of ketones is 1. The van der Waals surface area contributed by atoms with Crippen molar-refractivity contribution in [3.63, 3.8) is 0 Å². The standard InChI is InChI=1S/C17H12F5NO2/c1-7(8(2)24)9-5-3-4-6-10(9)23-17(25)11-12(18)14(20)16(22)15(21)13(11)19/h3-7H,1-2H3,(H,23,25). The zero-order chi connectivity index (χ0) is 18.9. The normalized spacial score (nSPS) is 12.0. The number of carbonyl (C=O) groups excluding carboxylic acids is 2. The van der Waals surface area contributed by atoms with Crippen LogP contribution >= 0.6 is 0 Å². The van der Waals surface area contributed by atoms with E-state index in [0.717, 1.165) is 0 Å². The van der Waals surface area contributed by atoms with Crippen LogP contribution in [0.3, 0.4) is 0 Å². The molecule has 0 saturated carbocycles. The lowest BCUT2D eigenvalue weighted by Crippen LogP contribution is -2.20. The molecule has 25 heavy (non-hydrogen) atoms. The van der Waals surface area contributed by atoms with E-state index in [2.05, 4.69) is 5.32 Å². The van der Waals surface area contributed by atoms with E-state index in [4.69, 9.17) is 0 Å². The van der Waals surface area contributed by atoms with Crippen LogP contribution in [0.4, 0.5) is 27.6 Å². The summed E-state index contributed by atoms with van der Waals surface area (Å²) < 4.78 is 66.9. The first kappa shape index (κ1) is 18.6. The van der Waals surface area contributed by atoms with Crippen molar-refractivity contribution in [1.29, 1.82) is 0 Å². The summed E-state index contributed by atoms with van der Waals surface area (Å²) in [4.78, 5) is 23.6. The van der Waals surface area contributed by atoms with Crippen LogP contribution in [0.25, 0.3) is 0 Å². The molecule has 2 rings (SSSR count). The maximum Gasteiger partial charge on any atom is 0.261 e. The SMILES string of the molecule is CC(=O)C(C)c1ccccc1NC(=O)c1c(F)c(F)c(F)c(F)c1F. The minimum absolute atomic E-state index is 0.0270. The predicted molar refractivity (Wildman–Crippen MR) is 79.7 cm³/mol. The quantitative estimate of drug-likeness (QED) is 0.503. The summed E-state index contributed by atoms with van der Waals surface area (Å²) in [6, 6.07) is 5.90. The molecular formula is C17H12F5NO2. The summed E-state index contributed by atoms with van der Waals surface area (Å²) in [6.07, 6.45) is 0. The van der Waals surface area contributed by atoms with E-state index in [1.807, 2.05) is 0 Å². The van der Waals surface area contributed by atoms with Crippen molar-refractivity contribution in [2.24, 2.45) is 0 Å². The summed E-state index contributed by atoms with van der Waals surface area (Å²) in [5, 5.41) is 2.09. The molecular weight excluding hydrogens is 345 g/mol. The first-order valence-electron chi connectivity index (χ1n) is 7.09. The summed E-state index contributed by atoms with van der Waals surface area (Å²) in [6.45, 7) is 2.86. The number of anilines is 1. The van der Waals surface area contributed by atoms with Gasteiger partial charge in [0.2, 0.25) is 5.82 Å². The van der Waals surface area contributed by atoms with Crippen molar-refractivity contribution in [2.45, 2.75) is 19.8 Å². The maximum absolute atomic E-state index is 13.7. The van der Waals surface area contributed by atoms with Gasteiger partial charge >= 0.3 is 0 Å². The van der Waals surface area contributed by atoms with Crippen LogP contribution in [0.1, 0.15) is 35.7 Å². The molecule has 0 fully saturated rings. The molecule has 1 unspecified atom stereocenters. The number of halogens is 5. The van der Waals surface area contributed by atoms with Crippen molar-refractivity contribution < 1.29 is 31.5 Å². The minimum atomic E-state index is -2.35. The smallest absolute Gasteiger partial charge is 0.261 e. The molecule has 0 aliphatic rings. The molecule has 0 saturated heterocycles. The van der Waals surface area contributed by atoms with Crippen molar-refractivity contribution >= 4 is 17.4 Å². The van der Waals surface area contributed by atoms with E-state index < -0.39 is 46.5 Å². The maximum atomic E-state index is 13.7. The summed E-state index contributed by atoms with van der Waals surface area (Å²) in [5.41, 5.74) is -1.23. The first-order chi connectivity index (χ1) is 11.7. The summed E-state index contributed by atoms with van der Waals surface area (Å²) in [5.74, 6) is -13.6. The Bertz CT molecular complexity index is 837. The van der Waals surface area contributed by atoms with Gasteiger partial charge in [0, 0.05) is 11.6 Å². The highest BCUT2D eigenvalue weighted by Gasteiger charge is 2.30. The number of benzene rings is 2. The van der Waals surface area contributed by atoms with Gasteiger partial charge in [-0.25, -0.2) is 22.0 Å². The van der Waals surface area contributed by atoms with E-state index in [1.54, 1.807) is 13.0 Å². The Balaban J connectivity index is 2.48. The lowest BCUT2D eigenvalue weighted by molar-refractivity contribution is -0.118. The Hall–Kier alpha value is -2.77. The number of rotatable bonds is 4. The second kappa shape index (κ2) is 7.00. The highest BCUT2D eigenvalue weighted by atomic mass is 19.2. The van der Waals surface area contributed by atoms with Gasteiger partial charge in [-0.05, 0) is 18.6 Å². The largest absolute Gasteiger partial charge is 0.322 e. The van der Waals surface area contributed by atoms with Crippen molar-refractivity contribution in [3.8, 4) is 0 Å². The number of amides is 1. The van der Waals surface area contributed by atoms with Gasteiger partial charge in [0.1, 0.15) is 11.3 Å². The Kier molecular flexibility index (Phi) is 5.20. The monoisotopic (exact) mass is 357 g/mol. The van der Waals surface area contributed by atoms with Crippen LogP contribution < -0.4 is 5.32 Å². The zero-order valence-electron chi connectivity index (χ0n) is 13.1. The van der Waals surface area contributed by atoms with Crippen LogP contribution in [0.15, 0.2) is 24.3 Å². The fraction of sp³-hybridized carbons (Fsp3) is 0.176. The number of para-hydroxylation sites is 1. The lowest BCUT2D eigenvalue weighted by atomic mass is 9.95. The Labute approximate surface area is 139 Å². The second-order valence-corrected chi connectivity index (χ2v) is 5.32. The molecule has 8 heteroatoms. The molecule has 3 nitrogen and oxygen atoms in total. The molecule has 2 aromatic rings. The van der Waals surface area contributed by atoms with Crippen LogP contribution in [0.5, 0.6) is 0 Å². The molecule has 0 radical (unpaired) electrons. The molecule has 0 aliphatic carbocycles. The van der Waals surface area contributed by atoms with Crippen molar-refractivity contribution in [2.75, 3.05) is 5.32 Å². The average molecular weight is 357 g/mol. The Morgan fingerprint density at radius 3 is 1.88 bits per heavy atom. The van der Waals surface area contributed by atoms with Crippen molar-refractivity contribution in [1.82, 2.24) is 0 Å². The first-order valence-corrected chi connectivity index (χ1v) is 7.09. The second-order valence-electron chi connectivity index (χ2n) is 5.32. The van der Waals surface area contributed by atoms with Gasteiger partial charge < -0.3 is 5.32 Å². The highest BCUT2D eigenvalue weighted by Crippen LogP contribution is 2.27. The number of hydrogen-bond acceptors (Lipinski definition) is 2. The minimum Gasteiger partial charge on any atom is -0.322 e. The molecule has 1 amide bonds. The lowest BCUT2D eigenvalue weighted by Gasteiger charge is -2.15. The van der Waals surface area contributed by atoms with Crippen LogP contribution in [0.2, 0.25) is 0 Å². The average Bonchev–Trinajstić information content (AvgIpc) is 2.58. The number of hydrogen-bond donors (Lipinski definition) is 1. The van der Waals surface area contributed by atoms with E-state index in [1.165, 1.54) is 25.1 Å². The van der Waals surface area contributed by atoms with Crippen molar-refractivity contribution in [3.05, 3.63) is 64.5 Å². The predicted octanol–water partition coefficient (Wildman–Crippen LogP) is 4.33. The van der Waals surface area contributed by atoms with Crippen LogP contribution in [-0.4, -0.2) is 11.7 Å². The van der Waals surface area contributed by atoms with E-state index in [-0.39, 0.29) is 11.5 Å². The summed E-state index contributed by atoms with van der Waals surface area (Å²) in [7, 11) is 0. The van der Waals surface area contributed by atoms with Crippen LogP contribution in [0, 0.1) is 29.1 Å². The molecule has 0 heterocycles. The summed E-state index contributed by atoms with van der Waals surface area (Å²) >= 11 is 0. The third-order valence-electron chi connectivity index (χ3n) is 3.72. The fourth-order valence-corrected chi connectivity index (χ4v) is 2.20. The molecule has 0 bridgehead atoms. The van der Waals surface area contributed by atoms with Gasteiger partial charge in [0.25, 0.3) is 5.91 Å². The molecule has 1 N–H and O–H groups in total. The molecule has 132 valence electrons. The molecule has 2 aromatic carbocycles. The van der Waals surface area contributed by atoms with Gasteiger partial charge in [0.05, 0.1) is 0 Å². The van der Waals surface area contributed by atoms with Gasteiger partial charge in [0.15, 0.2) is 23.3 Å². The van der Waals surface area contributed by atoms with Gasteiger partial charge in [-0.1, -0.05) is 25.1 Å². The topological polar surface area (TPSA) is 46.2 Å². The van der Waals surface area contributed by atoms with Gasteiger partial charge in [-0.3, -0.25) is 9.59 Å². The number of Topliss-reactive ketones (excluding diaryl/α,β-unsaturated/α-hetero) is 1. The van der Waals surface area contributed by atoms with Crippen LogP contribution in [-0.2, 0) is 4.79 Å². The molecule has 0 aliphatic heterocycles. The van der Waals surface area contributed by atoms with Gasteiger partial charge in [-0.2, -0.15) is 0 Å². The Morgan fingerprint density at radius 1 is 0.880 bits per heavy atom. The third-order valence-corrected chi connectivity index (χ3v) is 3.72. The van der Waals surface area contributed by atoms with E-state index in [9.17, 15) is 31.5 Å². The van der Waals surface area contributed by atoms with Gasteiger partial charge in [-0.15, -0.1) is 0 Å². The zero-order valence-corrected chi connectivity index (χ0v) is 13.1. The number of nitrogens with one attached hydrogen (secondary N) is 1. The fourth-order valence-electron chi connectivity index (χ4n) is 2.20. The third kappa shape index (κ3) is 3.38.